The Morgan fingerprint density at radius 3 is 2.21 bits per heavy atom. The molecule has 7 heteroatoms. The van der Waals surface area contributed by atoms with Gasteiger partial charge in [-0.3, -0.25) is 9.52 Å². The number of carbonyl (C=O) groups excluding carboxylic acids is 1. The van der Waals surface area contributed by atoms with Crippen LogP contribution in [0.3, 0.4) is 0 Å². The zero-order chi connectivity index (χ0) is 23.8. The molecule has 0 saturated carbocycles. The van der Waals surface area contributed by atoms with Crippen LogP contribution in [0.2, 0.25) is 0 Å². The highest BCUT2D eigenvalue weighted by Crippen LogP contribution is 2.25. The fourth-order valence-electron chi connectivity index (χ4n) is 3.40. The van der Waals surface area contributed by atoms with Crippen LogP contribution in [0.5, 0.6) is 5.75 Å². The smallest absolute Gasteiger partial charge is 0.261 e. The van der Waals surface area contributed by atoms with Gasteiger partial charge in [-0.25, -0.2) is 8.42 Å². The molecule has 0 unspecified atom stereocenters. The third-order valence-corrected chi connectivity index (χ3v) is 6.64. The van der Waals surface area contributed by atoms with Crippen molar-refractivity contribution in [3.05, 3.63) is 83.4 Å². The van der Waals surface area contributed by atoms with Gasteiger partial charge in [-0.1, -0.05) is 50.1 Å². The molecule has 0 fully saturated rings. The second-order valence-corrected chi connectivity index (χ2v) is 9.58. The van der Waals surface area contributed by atoms with Gasteiger partial charge in [-0.15, -0.1) is 0 Å². The zero-order valence-electron chi connectivity index (χ0n) is 19.2. The van der Waals surface area contributed by atoms with Crippen molar-refractivity contribution in [1.29, 1.82) is 0 Å². The molecule has 0 bridgehead atoms. The molecule has 0 saturated heterocycles. The fraction of sp³-hybridized carbons (Fsp3) is 0.269. The van der Waals surface area contributed by atoms with Crippen molar-refractivity contribution >= 4 is 27.3 Å². The number of para-hydroxylation sites is 2. The van der Waals surface area contributed by atoms with E-state index >= 15 is 0 Å². The first-order chi connectivity index (χ1) is 15.8. The van der Waals surface area contributed by atoms with E-state index in [1.54, 1.807) is 30.3 Å². The predicted octanol–water partition coefficient (Wildman–Crippen LogP) is 5.93. The Bertz CT molecular complexity index is 1180. The van der Waals surface area contributed by atoms with E-state index in [0.717, 1.165) is 30.4 Å². The highest BCUT2D eigenvalue weighted by atomic mass is 32.2. The monoisotopic (exact) mass is 466 g/mol. The molecule has 3 rings (SSSR count). The summed E-state index contributed by atoms with van der Waals surface area (Å²) in [6.45, 7) is 6.39. The van der Waals surface area contributed by atoms with E-state index in [1.165, 1.54) is 12.1 Å². The molecule has 6 nitrogen and oxygen atoms in total. The molecule has 1 amide bonds. The number of rotatable bonds is 10. The fourth-order valence-corrected chi connectivity index (χ4v) is 4.60. The van der Waals surface area contributed by atoms with E-state index < -0.39 is 10.0 Å². The first-order valence-electron chi connectivity index (χ1n) is 11.0. The van der Waals surface area contributed by atoms with Crippen LogP contribution in [0.25, 0.3) is 0 Å². The number of hydrogen-bond acceptors (Lipinski definition) is 4. The van der Waals surface area contributed by atoms with E-state index in [4.69, 9.17) is 4.74 Å². The highest BCUT2D eigenvalue weighted by molar-refractivity contribution is 7.92. The minimum atomic E-state index is -3.76. The molecule has 33 heavy (non-hydrogen) atoms. The summed E-state index contributed by atoms with van der Waals surface area (Å²) in [5.74, 6) is 0.216. The van der Waals surface area contributed by atoms with Gasteiger partial charge in [0.2, 0.25) is 0 Å². The number of unbranched alkanes of at least 4 members (excludes halogenated alkanes) is 2. The van der Waals surface area contributed by atoms with Crippen molar-refractivity contribution in [3.63, 3.8) is 0 Å². The summed E-state index contributed by atoms with van der Waals surface area (Å²) in [7, 11) is -3.76. The van der Waals surface area contributed by atoms with Gasteiger partial charge in [-0.2, -0.15) is 0 Å². The Hall–Kier alpha value is -3.32. The Morgan fingerprint density at radius 2 is 1.55 bits per heavy atom. The predicted molar refractivity (Wildman–Crippen MR) is 133 cm³/mol. The second kappa shape index (κ2) is 11.0. The lowest BCUT2D eigenvalue weighted by Gasteiger charge is -2.14. The summed E-state index contributed by atoms with van der Waals surface area (Å²) in [5.41, 5.74) is 3.19. The Morgan fingerprint density at radius 1 is 0.879 bits per heavy atom. The average molecular weight is 467 g/mol. The van der Waals surface area contributed by atoms with Gasteiger partial charge in [0.05, 0.1) is 22.8 Å². The van der Waals surface area contributed by atoms with Crippen LogP contribution in [-0.4, -0.2) is 20.9 Å². The van der Waals surface area contributed by atoms with Crippen LogP contribution in [0.4, 0.5) is 11.4 Å². The third kappa shape index (κ3) is 6.35. The Balaban J connectivity index is 1.70. The summed E-state index contributed by atoms with van der Waals surface area (Å²) < 4.78 is 34.1. The van der Waals surface area contributed by atoms with Gasteiger partial charge in [-0.05, 0) is 67.8 Å². The van der Waals surface area contributed by atoms with Crippen LogP contribution in [0.15, 0.2) is 71.6 Å². The number of aryl methyl sites for hydroxylation is 2. The van der Waals surface area contributed by atoms with Crippen molar-refractivity contribution in [1.82, 2.24) is 0 Å². The maximum Gasteiger partial charge on any atom is 0.261 e. The number of benzene rings is 3. The van der Waals surface area contributed by atoms with Crippen LogP contribution >= 0.6 is 0 Å². The van der Waals surface area contributed by atoms with E-state index in [-0.39, 0.29) is 10.8 Å². The summed E-state index contributed by atoms with van der Waals surface area (Å²) in [6, 6.07) is 18.8. The number of hydrogen-bond donors (Lipinski definition) is 2. The third-order valence-electron chi connectivity index (χ3n) is 5.28. The molecule has 0 heterocycles. The zero-order valence-corrected chi connectivity index (χ0v) is 20.0. The van der Waals surface area contributed by atoms with E-state index in [9.17, 15) is 13.2 Å². The van der Waals surface area contributed by atoms with E-state index in [0.29, 0.717) is 29.3 Å². The number of amides is 1. The lowest BCUT2D eigenvalue weighted by Crippen LogP contribution is -2.16. The number of sulfonamides is 1. The summed E-state index contributed by atoms with van der Waals surface area (Å²) in [4.78, 5) is 12.9. The molecular formula is C26H30N2O4S. The number of ether oxygens (including phenoxy) is 1. The maximum atomic E-state index is 12.8. The summed E-state index contributed by atoms with van der Waals surface area (Å²) >= 11 is 0. The molecule has 174 valence electrons. The molecule has 3 aromatic carbocycles. The van der Waals surface area contributed by atoms with Crippen LogP contribution in [0.1, 0.15) is 47.7 Å². The van der Waals surface area contributed by atoms with Crippen LogP contribution in [-0.2, 0) is 10.0 Å². The lowest BCUT2D eigenvalue weighted by atomic mass is 10.1. The minimum absolute atomic E-state index is 0.114. The van der Waals surface area contributed by atoms with Crippen LogP contribution in [0, 0.1) is 13.8 Å². The van der Waals surface area contributed by atoms with Gasteiger partial charge in [0.1, 0.15) is 5.75 Å². The molecule has 2 N–H and O–H groups in total. The second-order valence-electron chi connectivity index (χ2n) is 7.90. The van der Waals surface area contributed by atoms with Crippen LogP contribution < -0.4 is 14.8 Å². The number of carbonyl (C=O) groups is 1. The normalized spacial score (nSPS) is 11.1. The standard InChI is InChI=1S/C26H30N2O4S/c1-4-5-8-18-32-24-13-7-6-12-23(24)26(29)27-21-14-16-22(17-15-21)33(30,31)28-25-19(2)10-9-11-20(25)3/h6-7,9-17,28H,4-5,8,18H2,1-3H3,(H,27,29). The van der Waals surface area contributed by atoms with E-state index in [1.807, 2.05) is 38.1 Å². The molecule has 0 aromatic heterocycles. The lowest BCUT2D eigenvalue weighted by molar-refractivity contribution is 0.102. The minimum Gasteiger partial charge on any atom is -0.493 e. The van der Waals surface area contributed by atoms with Gasteiger partial charge < -0.3 is 10.1 Å². The van der Waals surface area contributed by atoms with Crippen molar-refractivity contribution in [3.8, 4) is 5.75 Å². The van der Waals surface area contributed by atoms with Gasteiger partial charge in [0, 0.05) is 5.69 Å². The molecule has 0 spiro atoms. The largest absolute Gasteiger partial charge is 0.493 e. The van der Waals surface area contributed by atoms with Gasteiger partial charge in [0.25, 0.3) is 15.9 Å². The summed E-state index contributed by atoms with van der Waals surface area (Å²) in [6.07, 6.45) is 3.09. The molecule has 0 aliphatic heterocycles. The molecule has 0 atom stereocenters. The highest BCUT2D eigenvalue weighted by Gasteiger charge is 2.17. The maximum absolute atomic E-state index is 12.8. The van der Waals surface area contributed by atoms with Gasteiger partial charge in [0.15, 0.2) is 0 Å². The van der Waals surface area contributed by atoms with E-state index in [2.05, 4.69) is 17.0 Å². The number of nitrogens with one attached hydrogen (secondary N) is 2. The quantitative estimate of drug-likeness (QED) is 0.363. The van der Waals surface area contributed by atoms with Gasteiger partial charge >= 0.3 is 0 Å². The Kier molecular flexibility index (Phi) is 8.11. The average Bonchev–Trinajstić information content (AvgIpc) is 2.80. The van der Waals surface area contributed by atoms with Crippen molar-refractivity contribution < 1.29 is 17.9 Å². The topological polar surface area (TPSA) is 84.5 Å². The molecule has 3 aromatic rings. The molecular weight excluding hydrogens is 436 g/mol. The molecule has 0 radical (unpaired) electrons. The Labute approximate surface area is 196 Å². The van der Waals surface area contributed by atoms with Crippen molar-refractivity contribution in [2.45, 2.75) is 44.9 Å². The SMILES string of the molecule is CCCCCOc1ccccc1C(=O)Nc1ccc(S(=O)(=O)Nc2c(C)cccc2C)cc1. The first-order valence-corrected chi connectivity index (χ1v) is 12.5. The van der Waals surface area contributed by atoms with Crippen molar-refractivity contribution in [2.24, 2.45) is 0 Å². The first kappa shape index (κ1) is 24.3. The number of anilines is 2. The molecule has 0 aliphatic carbocycles. The van der Waals surface area contributed by atoms with Crippen molar-refractivity contribution in [2.75, 3.05) is 16.6 Å². The molecule has 0 aliphatic rings. The summed E-state index contributed by atoms with van der Waals surface area (Å²) in [5, 5.41) is 2.81.